The molecule has 0 unspecified atom stereocenters. The quantitative estimate of drug-likeness (QED) is 0.711. The summed E-state index contributed by atoms with van der Waals surface area (Å²) in [5.74, 6) is -4.31. The average molecular weight is 333 g/mol. The van der Waals surface area contributed by atoms with Crippen molar-refractivity contribution < 1.29 is 27.9 Å². The number of aliphatic carboxylic acids is 1. The number of aromatic nitrogens is 6. The minimum atomic E-state index is -4.71. The largest absolute Gasteiger partial charge is 0.480 e. The van der Waals surface area contributed by atoms with Gasteiger partial charge in [-0.3, -0.25) is 14.7 Å². The van der Waals surface area contributed by atoms with Gasteiger partial charge in [0.2, 0.25) is 11.6 Å². The Hall–Kier alpha value is -2.99. The van der Waals surface area contributed by atoms with Gasteiger partial charge < -0.3 is 10.4 Å². The van der Waals surface area contributed by atoms with Crippen LogP contribution in [0.25, 0.3) is 5.95 Å². The fourth-order valence-corrected chi connectivity index (χ4v) is 1.47. The van der Waals surface area contributed by atoms with Crippen LogP contribution in [0.15, 0.2) is 0 Å². The molecule has 1 atom stereocenters. The van der Waals surface area contributed by atoms with Crippen LogP contribution in [0.5, 0.6) is 0 Å². The number of nitrogens with one attached hydrogen (secondary N) is 2. The number of alkyl halides is 3. The molecular formula is C10H10F3N7O3. The normalized spacial score (nSPS) is 12.9. The van der Waals surface area contributed by atoms with Gasteiger partial charge in [0.1, 0.15) is 11.9 Å². The summed E-state index contributed by atoms with van der Waals surface area (Å²) in [6.07, 6.45) is -4.71. The standard InChI is InChI=1S/C10H10F3N7O3/c1-3(7(22)23)14-6(21)5-15-4(2)20(19-5)9-16-8(17-18-9)10(11,12)13/h3H,1-2H3,(H,14,21)(H,22,23)(H,16,17,18)/t3-/m1/s1. The van der Waals surface area contributed by atoms with Gasteiger partial charge in [-0.1, -0.05) is 0 Å². The molecule has 0 aromatic carbocycles. The summed E-state index contributed by atoms with van der Waals surface area (Å²) in [6, 6.07) is -1.19. The third-order valence-electron chi connectivity index (χ3n) is 2.62. The van der Waals surface area contributed by atoms with E-state index in [1.807, 2.05) is 0 Å². The van der Waals surface area contributed by atoms with Crippen molar-refractivity contribution in [2.75, 3.05) is 0 Å². The Balaban J connectivity index is 2.26. The topological polar surface area (TPSA) is 139 Å². The first kappa shape index (κ1) is 16.4. The molecule has 0 radical (unpaired) electrons. The number of H-pyrrole nitrogens is 1. The SMILES string of the molecule is Cc1nc(C(=O)N[C@H](C)C(=O)O)nn1-c1n[nH]c(C(F)(F)F)n1. The van der Waals surface area contributed by atoms with Gasteiger partial charge in [0, 0.05) is 0 Å². The van der Waals surface area contributed by atoms with Crippen molar-refractivity contribution >= 4 is 11.9 Å². The molecule has 0 aliphatic carbocycles. The highest BCUT2D eigenvalue weighted by molar-refractivity contribution is 5.93. The Morgan fingerprint density at radius 2 is 2.00 bits per heavy atom. The second-order valence-electron chi connectivity index (χ2n) is 4.41. The average Bonchev–Trinajstić information content (AvgIpc) is 3.03. The molecule has 0 bridgehead atoms. The lowest BCUT2D eigenvalue weighted by Crippen LogP contribution is -2.38. The first-order chi connectivity index (χ1) is 10.6. The molecule has 124 valence electrons. The van der Waals surface area contributed by atoms with E-state index in [9.17, 15) is 22.8 Å². The monoisotopic (exact) mass is 333 g/mol. The van der Waals surface area contributed by atoms with Crippen molar-refractivity contribution in [3.63, 3.8) is 0 Å². The molecule has 13 heteroatoms. The zero-order valence-corrected chi connectivity index (χ0v) is 11.7. The summed E-state index contributed by atoms with van der Waals surface area (Å²) in [6.45, 7) is 2.60. The zero-order valence-electron chi connectivity index (χ0n) is 11.7. The van der Waals surface area contributed by atoms with Crippen LogP contribution in [0.2, 0.25) is 0 Å². The summed E-state index contributed by atoms with van der Waals surface area (Å²) in [7, 11) is 0. The number of carboxylic acids is 1. The van der Waals surface area contributed by atoms with Crippen LogP contribution in [0.1, 0.15) is 29.2 Å². The van der Waals surface area contributed by atoms with Gasteiger partial charge in [-0.15, -0.1) is 10.2 Å². The molecule has 0 saturated carbocycles. The van der Waals surface area contributed by atoms with E-state index < -0.39 is 41.7 Å². The Morgan fingerprint density at radius 3 is 2.52 bits per heavy atom. The number of nitrogens with zero attached hydrogens (tertiary/aromatic N) is 5. The van der Waals surface area contributed by atoms with Crippen LogP contribution in [-0.2, 0) is 11.0 Å². The highest BCUT2D eigenvalue weighted by Crippen LogP contribution is 2.26. The first-order valence-corrected chi connectivity index (χ1v) is 6.07. The second kappa shape index (κ2) is 5.66. The van der Waals surface area contributed by atoms with E-state index in [2.05, 4.69) is 25.5 Å². The number of rotatable bonds is 4. The Bertz CT molecular complexity index is 751. The van der Waals surface area contributed by atoms with Crippen molar-refractivity contribution in [2.45, 2.75) is 26.1 Å². The van der Waals surface area contributed by atoms with Crippen molar-refractivity contribution in [1.82, 2.24) is 35.3 Å². The van der Waals surface area contributed by atoms with Crippen LogP contribution >= 0.6 is 0 Å². The molecule has 3 N–H and O–H groups in total. The summed E-state index contributed by atoms with van der Waals surface area (Å²) < 4.78 is 38.2. The molecule has 10 nitrogen and oxygen atoms in total. The lowest BCUT2D eigenvalue weighted by Gasteiger charge is -2.06. The van der Waals surface area contributed by atoms with Crippen LogP contribution in [-0.4, -0.2) is 53.0 Å². The molecule has 1 amide bonds. The fraction of sp³-hybridized carbons (Fsp3) is 0.400. The Morgan fingerprint density at radius 1 is 1.35 bits per heavy atom. The Labute approximate surface area is 125 Å². The van der Waals surface area contributed by atoms with Gasteiger partial charge in [0.15, 0.2) is 0 Å². The smallest absolute Gasteiger partial charge is 0.451 e. The van der Waals surface area contributed by atoms with Crippen molar-refractivity contribution in [2.24, 2.45) is 0 Å². The molecule has 2 aromatic heterocycles. The minimum absolute atomic E-state index is 0.0471. The van der Waals surface area contributed by atoms with Crippen molar-refractivity contribution in [1.29, 1.82) is 0 Å². The van der Waals surface area contributed by atoms with Gasteiger partial charge in [0.25, 0.3) is 11.9 Å². The molecule has 0 aliphatic heterocycles. The number of carbonyl (C=O) groups is 2. The number of halogens is 3. The van der Waals surface area contributed by atoms with Gasteiger partial charge in [-0.25, -0.2) is 4.98 Å². The number of hydrogen-bond donors (Lipinski definition) is 3. The summed E-state index contributed by atoms with van der Waals surface area (Å²) >= 11 is 0. The third kappa shape index (κ3) is 3.44. The summed E-state index contributed by atoms with van der Waals surface area (Å²) in [5, 5.41) is 19.5. The van der Waals surface area contributed by atoms with Gasteiger partial charge in [0.05, 0.1) is 0 Å². The molecule has 2 aromatic rings. The molecule has 0 saturated heterocycles. The molecule has 0 aliphatic rings. The number of carbonyl (C=O) groups excluding carboxylic acids is 1. The maximum atomic E-state index is 12.5. The van der Waals surface area contributed by atoms with E-state index in [4.69, 9.17) is 5.11 Å². The number of aromatic amines is 1. The number of amides is 1. The maximum absolute atomic E-state index is 12.5. The molecular weight excluding hydrogens is 323 g/mol. The predicted molar refractivity (Wildman–Crippen MR) is 65.6 cm³/mol. The van der Waals surface area contributed by atoms with Crippen LogP contribution in [0, 0.1) is 6.92 Å². The third-order valence-corrected chi connectivity index (χ3v) is 2.62. The van der Waals surface area contributed by atoms with E-state index in [0.29, 0.717) is 0 Å². The number of hydrogen-bond acceptors (Lipinski definition) is 6. The molecule has 0 fully saturated rings. The van der Waals surface area contributed by atoms with Crippen LogP contribution in [0.3, 0.4) is 0 Å². The first-order valence-electron chi connectivity index (χ1n) is 6.07. The summed E-state index contributed by atoms with van der Waals surface area (Å²) in [5.41, 5.74) is 0. The van der Waals surface area contributed by atoms with Gasteiger partial charge in [-0.05, 0) is 13.8 Å². The van der Waals surface area contributed by atoms with E-state index in [0.717, 1.165) is 4.68 Å². The lowest BCUT2D eigenvalue weighted by atomic mass is 10.3. The van der Waals surface area contributed by atoms with E-state index in [1.54, 1.807) is 5.10 Å². The number of carboxylic acid groups (broad SMARTS) is 1. The number of aryl methyl sites for hydroxylation is 1. The Kier molecular flexibility index (Phi) is 4.03. The predicted octanol–water partition coefficient (Wildman–Crippen LogP) is -0.0845. The fourth-order valence-electron chi connectivity index (χ4n) is 1.47. The van der Waals surface area contributed by atoms with E-state index in [1.165, 1.54) is 13.8 Å². The van der Waals surface area contributed by atoms with Crippen molar-refractivity contribution in [3.8, 4) is 5.95 Å². The zero-order chi connectivity index (χ0) is 17.4. The second-order valence-corrected chi connectivity index (χ2v) is 4.41. The van der Waals surface area contributed by atoms with Gasteiger partial charge in [-0.2, -0.15) is 22.8 Å². The molecule has 23 heavy (non-hydrogen) atoms. The molecule has 0 spiro atoms. The van der Waals surface area contributed by atoms with Crippen LogP contribution in [0.4, 0.5) is 13.2 Å². The van der Waals surface area contributed by atoms with E-state index in [-0.39, 0.29) is 5.82 Å². The lowest BCUT2D eigenvalue weighted by molar-refractivity contribution is -0.144. The summed E-state index contributed by atoms with van der Waals surface area (Å²) in [4.78, 5) is 29.4. The van der Waals surface area contributed by atoms with Gasteiger partial charge >= 0.3 is 12.1 Å². The molecule has 2 rings (SSSR count). The minimum Gasteiger partial charge on any atom is -0.480 e. The highest BCUT2D eigenvalue weighted by atomic mass is 19.4. The van der Waals surface area contributed by atoms with E-state index >= 15 is 0 Å². The van der Waals surface area contributed by atoms with Crippen molar-refractivity contribution in [3.05, 3.63) is 17.5 Å². The van der Waals surface area contributed by atoms with Crippen LogP contribution < -0.4 is 5.32 Å². The maximum Gasteiger partial charge on any atom is 0.451 e. The highest BCUT2D eigenvalue weighted by Gasteiger charge is 2.35. The molecule has 2 heterocycles.